The first-order valence-electron chi connectivity index (χ1n) is 8.42. The molecule has 0 saturated heterocycles. The first-order chi connectivity index (χ1) is 10.8. The lowest BCUT2D eigenvalue weighted by Gasteiger charge is -2.28. The standard InChI is InChI=1S/C20H26N2/c1-17(2)13-16-21-14-8-15-22(18-9-4-3-5-10-18)20-12-7-6-11-19(20)21/h3-7,9-12,17H,8,13-16H2,1-2H3. The lowest BCUT2D eigenvalue weighted by molar-refractivity contribution is 0.571. The van der Waals surface area contributed by atoms with Gasteiger partial charge in [-0.15, -0.1) is 0 Å². The van der Waals surface area contributed by atoms with Gasteiger partial charge in [0, 0.05) is 25.3 Å². The smallest absolute Gasteiger partial charge is 0.0648 e. The van der Waals surface area contributed by atoms with Crippen LogP contribution in [0, 0.1) is 5.92 Å². The quantitative estimate of drug-likeness (QED) is 0.775. The maximum atomic E-state index is 2.57. The van der Waals surface area contributed by atoms with Crippen LogP contribution in [0.1, 0.15) is 26.7 Å². The summed E-state index contributed by atoms with van der Waals surface area (Å²) in [5.74, 6) is 0.751. The predicted molar refractivity (Wildman–Crippen MR) is 96.2 cm³/mol. The summed E-state index contributed by atoms with van der Waals surface area (Å²) in [6, 6.07) is 19.6. The zero-order chi connectivity index (χ0) is 15.4. The molecule has 1 aliphatic rings. The van der Waals surface area contributed by atoms with E-state index in [2.05, 4.69) is 78.2 Å². The third kappa shape index (κ3) is 3.27. The molecule has 2 heteroatoms. The highest BCUT2D eigenvalue weighted by Crippen LogP contribution is 2.36. The Kier molecular flexibility index (Phi) is 4.67. The van der Waals surface area contributed by atoms with Crippen molar-refractivity contribution in [2.45, 2.75) is 26.7 Å². The predicted octanol–water partition coefficient (Wildman–Crippen LogP) is 5.08. The molecule has 0 bridgehead atoms. The largest absolute Gasteiger partial charge is 0.370 e. The summed E-state index contributed by atoms with van der Waals surface area (Å²) in [5.41, 5.74) is 4.01. The van der Waals surface area contributed by atoms with Crippen LogP contribution < -0.4 is 9.80 Å². The molecule has 0 spiro atoms. The molecule has 1 aliphatic heterocycles. The number of nitrogens with zero attached hydrogens (tertiary/aromatic N) is 2. The Morgan fingerprint density at radius 1 is 0.864 bits per heavy atom. The molecule has 0 atom stereocenters. The van der Waals surface area contributed by atoms with Crippen molar-refractivity contribution < 1.29 is 0 Å². The number of hydrogen-bond acceptors (Lipinski definition) is 2. The molecule has 2 nitrogen and oxygen atoms in total. The van der Waals surface area contributed by atoms with Crippen molar-refractivity contribution in [3.8, 4) is 0 Å². The summed E-state index contributed by atoms with van der Waals surface area (Å²) in [7, 11) is 0. The highest BCUT2D eigenvalue weighted by atomic mass is 15.2. The minimum atomic E-state index is 0.751. The summed E-state index contributed by atoms with van der Waals surface area (Å²) in [4.78, 5) is 5.03. The summed E-state index contributed by atoms with van der Waals surface area (Å²) >= 11 is 0. The van der Waals surface area contributed by atoms with E-state index >= 15 is 0 Å². The molecule has 0 fully saturated rings. The van der Waals surface area contributed by atoms with Crippen LogP contribution in [-0.2, 0) is 0 Å². The van der Waals surface area contributed by atoms with Crippen LogP contribution in [0.3, 0.4) is 0 Å². The maximum absolute atomic E-state index is 2.57. The number of anilines is 3. The van der Waals surface area contributed by atoms with Crippen LogP contribution in [-0.4, -0.2) is 19.6 Å². The van der Waals surface area contributed by atoms with Crippen LogP contribution in [0.25, 0.3) is 0 Å². The number of benzene rings is 2. The highest BCUT2D eigenvalue weighted by Gasteiger charge is 2.20. The first-order valence-corrected chi connectivity index (χ1v) is 8.42. The van der Waals surface area contributed by atoms with E-state index in [0.29, 0.717) is 0 Å². The fourth-order valence-corrected chi connectivity index (χ4v) is 3.14. The van der Waals surface area contributed by atoms with E-state index < -0.39 is 0 Å². The maximum Gasteiger partial charge on any atom is 0.0648 e. The SMILES string of the molecule is CC(C)CCN1CCCN(c2ccccc2)c2ccccc21. The Labute approximate surface area is 134 Å². The second-order valence-corrected chi connectivity index (χ2v) is 6.50. The Hall–Kier alpha value is -1.96. The van der Waals surface area contributed by atoms with Crippen molar-refractivity contribution in [2.75, 3.05) is 29.4 Å². The summed E-state index contributed by atoms with van der Waals surface area (Å²) < 4.78 is 0. The molecule has 0 aromatic heterocycles. The van der Waals surface area contributed by atoms with Crippen LogP contribution in [0.2, 0.25) is 0 Å². The molecule has 2 aromatic carbocycles. The second-order valence-electron chi connectivity index (χ2n) is 6.50. The first kappa shape index (κ1) is 15.0. The fourth-order valence-electron chi connectivity index (χ4n) is 3.14. The lowest BCUT2D eigenvalue weighted by Crippen LogP contribution is -2.26. The molecule has 2 aromatic rings. The van der Waals surface area contributed by atoms with Gasteiger partial charge >= 0.3 is 0 Å². The fraction of sp³-hybridized carbons (Fsp3) is 0.400. The van der Waals surface area contributed by atoms with Gasteiger partial charge < -0.3 is 9.80 Å². The minimum Gasteiger partial charge on any atom is -0.370 e. The molecule has 0 saturated carbocycles. The average Bonchev–Trinajstić information content (AvgIpc) is 2.73. The van der Waals surface area contributed by atoms with Crippen molar-refractivity contribution >= 4 is 17.1 Å². The average molecular weight is 294 g/mol. The van der Waals surface area contributed by atoms with Crippen LogP contribution >= 0.6 is 0 Å². The Morgan fingerprint density at radius 2 is 1.55 bits per heavy atom. The van der Waals surface area contributed by atoms with E-state index in [4.69, 9.17) is 0 Å². The Balaban J connectivity index is 1.93. The van der Waals surface area contributed by atoms with Gasteiger partial charge in [0.05, 0.1) is 11.4 Å². The molecule has 0 N–H and O–H groups in total. The number of para-hydroxylation sites is 3. The van der Waals surface area contributed by atoms with Crippen LogP contribution in [0.4, 0.5) is 17.1 Å². The van der Waals surface area contributed by atoms with Crippen LogP contribution in [0.5, 0.6) is 0 Å². The van der Waals surface area contributed by atoms with Crippen molar-refractivity contribution in [2.24, 2.45) is 5.92 Å². The summed E-state index contributed by atoms with van der Waals surface area (Å²) in [5, 5.41) is 0. The van der Waals surface area contributed by atoms with E-state index in [9.17, 15) is 0 Å². The number of hydrogen-bond donors (Lipinski definition) is 0. The topological polar surface area (TPSA) is 6.48 Å². The molecule has 22 heavy (non-hydrogen) atoms. The van der Waals surface area contributed by atoms with Gasteiger partial charge in [0.15, 0.2) is 0 Å². The van der Waals surface area contributed by atoms with E-state index in [1.165, 1.54) is 29.9 Å². The number of fused-ring (bicyclic) bond motifs is 1. The van der Waals surface area contributed by atoms with Crippen molar-refractivity contribution in [3.05, 3.63) is 54.6 Å². The van der Waals surface area contributed by atoms with E-state index in [0.717, 1.165) is 25.6 Å². The van der Waals surface area contributed by atoms with E-state index in [-0.39, 0.29) is 0 Å². The van der Waals surface area contributed by atoms with Crippen LogP contribution in [0.15, 0.2) is 54.6 Å². The normalized spacial score (nSPS) is 14.9. The minimum absolute atomic E-state index is 0.751. The zero-order valence-electron chi connectivity index (χ0n) is 13.7. The second kappa shape index (κ2) is 6.87. The van der Waals surface area contributed by atoms with Crippen molar-refractivity contribution in [1.82, 2.24) is 0 Å². The zero-order valence-corrected chi connectivity index (χ0v) is 13.7. The highest BCUT2D eigenvalue weighted by molar-refractivity contribution is 5.78. The van der Waals surface area contributed by atoms with Gasteiger partial charge in [-0.3, -0.25) is 0 Å². The van der Waals surface area contributed by atoms with Gasteiger partial charge in [-0.25, -0.2) is 0 Å². The Morgan fingerprint density at radius 3 is 2.27 bits per heavy atom. The molecule has 0 unspecified atom stereocenters. The molecule has 1 heterocycles. The molecular weight excluding hydrogens is 268 g/mol. The van der Waals surface area contributed by atoms with Crippen molar-refractivity contribution in [3.63, 3.8) is 0 Å². The molecule has 116 valence electrons. The molecule has 0 amide bonds. The third-order valence-corrected chi connectivity index (χ3v) is 4.37. The summed E-state index contributed by atoms with van der Waals surface area (Å²) in [6.07, 6.45) is 2.45. The van der Waals surface area contributed by atoms with E-state index in [1.807, 2.05) is 0 Å². The van der Waals surface area contributed by atoms with Gasteiger partial charge in [-0.05, 0) is 43.0 Å². The van der Waals surface area contributed by atoms with Gasteiger partial charge in [0.1, 0.15) is 0 Å². The molecular formula is C20H26N2. The van der Waals surface area contributed by atoms with Gasteiger partial charge in [0.25, 0.3) is 0 Å². The molecule has 0 radical (unpaired) electrons. The Bertz CT molecular complexity index is 592. The monoisotopic (exact) mass is 294 g/mol. The number of rotatable bonds is 4. The van der Waals surface area contributed by atoms with Gasteiger partial charge in [-0.1, -0.05) is 44.2 Å². The van der Waals surface area contributed by atoms with Gasteiger partial charge in [0.2, 0.25) is 0 Å². The summed E-state index contributed by atoms with van der Waals surface area (Å²) in [6.45, 7) is 7.99. The molecule has 0 aliphatic carbocycles. The molecule has 3 rings (SSSR count). The van der Waals surface area contributed by atoms with Gasteiger partial charge in [-0.2, -0.15) is 0 Å². The third-order valence-electron chi connectivity index (χ3n) is 4.37. The van der Waals surface area contributed by atoms with E-state index in [1.54, 1.807) is 0 Å². The van der Waals surface area contributed by atoms with Crippen molar-refractivity contribution in [1.29, 1.82) is 0 Å². The lowest BCUT2D eigenvalue weighted by atomic mass is 10.1.